The summed E-state index contributed by atoms with van der Waals surface area (Å²) in [6.07, 6.45) is 2.13. The van der Waals surface area contributed by atoms with E-state index in [0.717, 1.165) is 139 Å². The lowest BCUT2D eigenvalue weighted by molar-refractivity contribution is -0.164. The van der Waals surface area contributed by atoms with E-state index in [1.54, 1.807) is 24.7 Å². The van der Waals surface area contributed by atoms with Gasteiger partial charge in [-0.15, -0.1) is 34.0 Å². The van der Waals surface area contributed by atoms with Crippen LogP contribution in [0, 0.1) is 20.8 Å². The number of aromatic nitrogens is 9. The van der Waals surface area contributed by atoms with E-state index in [1.807, 2.05) is 186 Å². The Morgan fingerprint density at radius 2 is 0.735 bits per heavy atom. The molecule has 8 heterocycles. The normalized spacial score (nSPS) is 14.3. The predicted molar refractivity (Wildman–Crippen MR) is 454 cm³/mol. The monoisotopic (exact) mass is 1660 g/mol. The summed E-state index contributed by atoms with van der Waals surface area (Å²) in [6.45, 7) is 26.4. The van der Waals surface area contributed by atoms with Gasteiger partial charge in [-0.1, -0.05) is 71.2 Å². The number of fused-ring (bicyclic) bond motifs is 3. The summed E-state index contributed by atoms with van der Waals surface area (Å²) < 4.78 is 31.7. The molecule has 113 heavy (non-hydrogen) atoms. The summed E-state index contributed by atoms with van der Waals surface area (Å²) in [5.41, 5.74) is 12.4. The van der Waals surface area contributed by atoms with E-state index >= 15 is 0 Å². The van der Waals surface area contributed by atoms with Crippen LogP contribution in [0.1, 0.15) is 114 Å². The van der Waals surface area contributed by atoms with E-state index in [9.17, 15) is 19.5 Å². The molecule has 2 fully saturated rings. The quantitative estimate of drug-likeness (QED) is 0.0584. The molecule has 6 aromatic heterocycles. The highest BCUT2D eigenvalue weighted by Gasteiger charge is 2.38. The maximum Gasteiger partial charge on any atom is 0.339 e. The first-order chi connectivity index (χ1) is 53.4. The summed E-state index contributed by atoms with van der Waals surface area (Å²) in [5.74, 6) is -0.584. The maximum absolute atomic E-state index is 13.1. The van der Waals surface area contributed by atoms with Crippen molar-refractivity contribution < 1.29 is 43.2 Å². The van der Waals surface area contributed by atoms with Crippen molar-refractivity contribution in [3.05, 3.63) is 182 Å². The third-order valence-electron chi connectivity index (χ3n) is 18.8. The number of carbonyl (C=O) groups excluding carboxylic acids is 2. The van der Waals surface area contributed by atoms with Gasteiger partial charge in [-0.2, -0.15) is 0 Å². The van der Waals surface area contributed by atoms with Gasteiger partial charge >= 0.3 is 17.9 Å². The van der Waals surface area contributed by atoms with Gasteiger partial charge in [0.15, 0.2) is 18.3 Å². The molecule has 0 radical (unpaired) electrons. The number of hydrogen-bond acceptors (Lipinski definition) is 24. The number of thiazole rings is 3. The van der Waals surface area contributed by atoms with Gasteiger partial charge in [0.2, 0.25) is 17.2 Å². The Hall–Kier alpha value is -8.80. The number of benzene rings is 6. The molecule has 6 aromatic carbocycles. The minimum Gasteiger partial charge on any atom is -0.479 e. The Morgan fingerprint density at radius 3 is 1.02 bits per heavy atom. The van der Waals surface area contributed by atoms with Crippen LogP contribution in [0.25, 0.3) is 96.1 Å². The number of aryl methyl sites for hydroxylation is 3. The van der Waals surface area contributed by atoms with Crippen LogP contribution in [0.15, 0.2) is 128 Å². The molecular weight excluding hydrogens is 1570 g/mol. The molecule has 14 rings (SSSR count). The number of methoxy groups -OCH3 is 2. The Labute approximate surface area is 689 Å². The third kappa shape index (κ3) is 19.3. The average Bonchev–Trinajstić information content (AvgIpc) is 1.36. The summed E-state index contributed by atoms with van der Waals surface area (Å²) in [4.78, 5) is 89.1. The molecule has 12 aromatic rings. The van der Waals surface area contributed by atoms with Crippen molar-refractivity contribution in [2.75, 3.05) is 78.4 Å². The molecule has 0 aliphatic carbocycles. The fourth-order valence-electron chi connectivity index (χ4n) is 13.2. The van der Waals surface area contributed by atoms with Crippen LogP contribution >= 0.6 is 80.4 Å². The van der Waals surface area contributed by atoms with E-state index in [-0.39, 0.29) is 5.28 Å². The van der Waals surface area contributed by atoms with Crippen LogP contribution in [0.2, 0.25) is 20.4 Å². The molecule has 0 unspecified atom stereocenters. The van der Waals surface area contributed by atoms with Crippen molar-refractivity contribution in [1.29, 1.82) is 0 Å². The van der Waals surface area contributed by atoms with Crippen molar-refractivity contribution in [3.8, 4) is 65.5 Å². The van der Waals surface area contributed by atoms with Gasteiger partial charge in [0, 0.05) is 105 Å². The van der Waals surface area contributed by atoms with Crippen molar-refractivity contribution in [1.82, 2.24) is 54.7 Å². The minimum absolute atomic E-state index is 0.149. The first-order valence-corrected chi connectivity index (χ1v) is 40.4. The summed E-state index contributed by atoms with van der Waals surface area (Å²) >= 11 is 29.1. The number of halogens is 4. The molecule has 0 saturated carbocycles. The standard InChI is InChI=1S/C30H34ClN5O3S.C29H32ClN5O3S.C25H23Cl2N3O3S/c1-17-14-22-26(40-27(33-22)21-12-13-32-29(34-21)36-15-20(16-36)35(5)6)24(18-8-10-19(31)11-9-18)23(17)25(28(37)38-7)39-30(2,3)4;1-16-13-21-25(39-26(32-21)20-11-12-31-28(33-20)35-14-19(15-35)34(5)6)23(17-7-9-18(30)10-8-17)22(16)24(27(36)37)38-29(2,3)4;1-13-12-17-21(34-22(29-17)16-10-11-28-24(27)30-16)19(14-6-8-15(26)9-7-14)18(13)20(23(31)32-5)33-25(2,3)4/h8-14,20,25H,15-16H2,1-7H3;7-13,19,24H,14-15H2,1-6H3,(H,36,37);6-12,20H,1-5H3/t25-;24-;20-/m000/s1. The van der Waals surface area contributed by atoms with E-state index in [2.05, 4.69) is 67.7 Å². The number of rotatable bonds is 19. The number of carboxylic acids is 1. The van der Waals surface area contributed by atoms with E-state index in [0.29, 0.717) is 55.3 Å². The first-order valence-electron chi connectivity index (χ1n) is 36.4. The number of nitrogens with zero attached hydrogens (tertiary/aromatic N) is 13. The number of esters is 2. The summed E-state index contributed by atoms with van der Waals surface area (Å²) in [7, 11) is 11.1. The van der Waals surface area contributed by atoms with E-state index < -0.39 is 53.0 Å². The van der Waals surface area contributed by atoms with Crippen molar-refractivity contribution in [2.24, 2.45) is 0 Å². The molecule has 29 heteroatoms. The van der Waals surface area contributed by atoms with Crippen molar-refractivity contribution in [3.63, 3.8) is 0 Å². The van der Waals surface area contributed by atoms with Crippen LogP contribution in [-0.4, -0.2) is 175 Å². The number of carboxylic acid groups (broad SMARTS) is 1. The Kier molecular flexibility index (Phi) is 25.4. The van der Waals surface area contributed by atoms with Crippen LogP contribution in [0.3, 0.4) is 0 Å². The second-order valence-corrected chi connectivity index (χ2v) is 35.7. The zero-order valence-corrected chi connectivity index (χ0v) is 71.6. The number of likely N-dealkylation sites (N-methyl/N-ethyl adjacent to an activating group) is 2. The molecule has 590 valence electrons. The van der Waals surface area contributed by atoms with Gasteiger partial charge in [-0.05, 0) is 229 Å². The molecule has 0 amide bonds. The Bertz CT molecular complexity index is 5500. The lowest BCUT2D eigenvalue weighted by atomic mass is 9.91. The number of hydrogen-bond donors (Lipinski definition) is 1. The van der Waals surface area contributed by atoms with E-state index in [4.69, 9.17) is 95.0 Å². The number of ether oxygens (including phenoxy) is 5. The lowest BCUT2D eigenvalue weighted by Crippen LogP contribution is -2.58. The highest BCUT2D eigenvalue weighted by Crippen LogP contribution is 2.49. The van der Waals surface area contributed by atoms with Gasteiger partial charge in [0.05, 0.1) is 61.7 Å². The van der Waals surface area contributed by atoms with Crippen LogP contribution in [0.4, 0.5) is 11.9 Å². The highest BCUT2D eigenvalue weighted by atomic mass is 35.5. The molecule has 0 spiro atoms. The molecule has 2 aliphatic rings. The molecule has 2 aliphatic heterocycles. The molecule has 3 atom stereocenters. The molecule has 2 saturated heterocycles. The highest BCUT2D eigenvalue weighted by molar-refractivity contribution is 7.23. The maximum atomic E-state index is 13.1. The van der Waals surface area contributed by atoms with Gasteiger partial charge in [0.25, 0.3) is 0 Å². The third-order valence-corrected chi connectivity index (χ3v) is 23.0. The van der Waals surface area contributed by atoms with Crippen LogP contribution in [-0.2, 0) is 38.1 Å². The number of carbonyl (C=O) groups is 3. The number of aliphatic carboxylic acids is 1. The van der Waals surface area contributed by atoms with E-state index in [1.165, 1.54) is 48.2 Å². The topological polar surface area (TPSA) is 247 Å². The predicted octanol–water partition coefficient (Wildman–Crippen LogP) is 19.3. The van der Waals surface area contributed by atoms with Gasteiger partial charge < -0.3 is 48.4 Å². The first kappa shape index (κ1) is 83.6. The van der Waals surface area contributed by atoms with Gasteiger partial charge in [0.1, 0.15) is 32.1 Å². The van der Waals surface area contributed by atoms with Crippen molar-refractivity contribution in [2.45, 2.75) is 130 Å². The van der Waals surface area contributed by atoms with Crippen molar-refractivity contribution >= 4 is 141 Å². The smallest absolute Gasteiger partial charge is 0.339 e. The van der Waals surface area contributed by atoms with Gasteiger partial charge in [-0.25, -0.2) is 59.2 Å². The number of anilines is 2. The Balaban J connectivity index is 0.000000158. The fourth-order valence-corrected chi connectivity index (χ4v) is 17.0. The zero-order chi connectivity index (χ0) is 81.4. The molecule has 0 bridgehead atoms. The second kappa shape index (κ2) is 34.3. The fraction of sp³-hybridized carbons (Fsp3) is 0.357. The molecular formula is C84H89Cl4N13O9S3. The zero-order valence-electron chi connectivity index (χ0n) is 66.1. The summed E-state index contributed by atoms with van der Waals surface area (Å²) in [5, 5.41) is 14.5. The molecule has 22 nitrogen and oxygen atoms in total. The SMILES string of the molecule is COC(=O)[C@@H](OC(C)(C)C)c1c(C)cc2nc(-c3ccnc(Cl)n3)sc2c1-c1ccc(Cl)cc1.COC(=O)[C@@H](OC(C)(C)C)c1c(C)cc2nc(-c3ccnc(N4CC(N(C)C)C4)n3)sc2c1-c1ccc(Cl)cc1.Cc1cc2nc(-c3ccnc(N4CC(N(C)C)C4)n3)sc2c(-c2ccc(Cl)cc2)c1[C@H](OC(C)(C)C)C(=O)O. The lowest BCUT2D eigenvalue weighted by Gasteiger charge is -2.42. The van der Waals surface area contributed by atoms with Crippen LogP contribution in [0.5, 0.6) is 0 Å². The Morgan fingerprint density at radius 1 is 0.442 bits per heavy atom. The average molecular weight is 1660 g/mol. The summed E-state index contributed by atoms with van der Waals surface area (Å²) in [6, 6.07) is 34.9. The van der Waals surface area contributed by atoms with Gasteiger partial charge in [-0.3, -0.25) is 0 Å². The minimum atomic E-state index is -1.16. The second-order valence-electron chi connectivity index (χ2n) is 31.0. The van der Waals surface area contributed by atoms with Crippen LogP contribution < -0.4 is 9.80 Å². The largest absolute Gasteiger partial charge is 0.479 e. The molecule has 1 N–H and O–H groups in total.